The van der Waals surface area contributed by atoms with Crippen LogP contribution in [-0.2, 0) is 11.2 Å². The number of carbonyl (C=O) groups excluding carboxylic acids is 1. The highest BCUT2D eigenvalue weighted by molar-refractivity contribution is 5.76. The highest BCUT2D eigenvalue weighted by Gasteiger charge is 2.12. The molecular formula is C20H25N5O2. The molecule has 0 aliphatic rings. The second kappa shape index (κ2) is 8.16. The number of rotatable bonds is 7. The van der Waals surface area contributed by atoms with Crippen molar-refractivity contribution in [1.29, 1.82) is 0 Å². The number of ether oxygens (including phenoxy) is 1. The minimum absolute atomic E-state index is 0.00304. The summed E-state index contributed by atoms with van der Waals surface area (Å²) in [6.07, 6.45) is 2.50. The first kappa shape index (κ1) is 18.8. The molecule has 1 aromatic carbocycles. The fourth-order valence-corrected chi connectivity index (χ4v) is 3.16. The van der Waals surface area contributed by atoms with Gasteiger partial charge in [-0.25, -0.2) is 9.50 Å². The van der Waals surface area contributed by atoms with Crippen LogP contribution in [0.5, 0.6) is 5.75 Å². The number of carbonyl (C=O) groups is 1. The third-order valence-corrected chi connectivity index (χ3v) is 4.60. The summed E-state index contributed by atoms with van der Waals surface area (Å²) in [7, 11) is 0. The van der Waals surface area contributed by atoms with Gasteiger partial charge in [-0.15, -0.1) is 0 Å². The summed E-state index contributed by atoms with van der Waals surface area (Å²) in [6.45, 7) is 8.90. The molecule has 142 valence electrons. The molecule has 0 saturated heterocycles. The average Bonchev–Trinajstić information content (AvgIpc) is 3.08. The Kier molecular flexibility index (Phi) is 5.69. The molecule has 0 unspecified atom stereocenters. The number of nitrogens with zero attached hydrogens (tertiary/aromatic N) is 4. The van der Waals surface area contributed by atoms with Gasteiger partial charge in [0.2, 0.25) is 5.91 Å². The first-order valence-electron chi connectivity index (χ1n) is 9.08. The zero-order valence-corrected chi connectivity index (χ0v) is 16.2. The molecule has 1 N–H and O–H groups in total. The van der Waals surface area contributed by atoms with Crippen molar-refractivity contribution in [2.75, 3.05) is 13.2 Å². The Bertz CT molecular complexity index is 964. The minimum Gasteiger partial charge on any atom is -0.491 e. The van der Waals surface area contributed by atoms with Crippen molar-refractivity contribution in [2.24, 2.45) is 0 Å². The van der Waals surface area contributed by atoms with Gasteiger partial charge >= 0.3 is 0 Å². The monoisotopic (exact) mass is 367 g/mol. The SMILES string of the molecule is Cc1ccc(OCCNC(=O)CCc2c(C)nc3ncnn3c2C)c(C)c1. The van der Waals surface area contributed by atoms with Crippen LogP contribution in [-0.4, -0.2) is 38.6 Å². The Morgan fingerprint density at radius 3 is 2.81 bits per heavy atom. The summed E-state index contributed by atoms with van der Waals surface area (Å²) in [5.74, 6) is 1.44. The van der Waals surface area contributed by atoms with Crippen LogP contribution in [0.4, 0.5) is 0 Å². The summed E-state index contributed by atoms with van der Waals surface area (Å²) in [6, 6.07) is 6.06. The first-order chi connectivity index (χ1) is 13.0. The summed E-state index contributed by atoms with van der Waals surface area (Å²) in [4.78, 5) is 20.7. The molecular weight excluding hydrogens is 342 g/mol. The third kappa shape index (κ3) is 4.42. The van der Waals surface area contributed by atoms with Crippen molar-refractivity contribution in [2.45, 2.75) is 40.5 Å². The molecule has 0 aliphatic carbocycles. The van der Waals surface area contributed by atoms with Gasteiger partial charge in [-0.1, -0.05) is 17.7 Å². The van der Waals surface area contributed by atoms with Gasteiger partial charge in [0, 0.05) is 17.8 Å². The molecule has 0 fully saturated rings. The Morgan fingerprint density at radius 2 is 2.04 bits per heavy atom. The van der Waals surface area contributed by atoms with Crippen LogP contribution in [0.2, 0.25) is 0 Å². The number of fused-ring (bicyclic) bond motifs is 1. The lowest BCUT2D eigenvalue weighted by molar-refractivity contribution is -0.121. The van der Waals surface area contributed by atoms with E-state index in [-0.39, 0.29) is 5.91 Å². The fourth-order valence-electron chi connectivity index (χ4n) is 3.16. The molecule has 2 aromatic heterocycles. The number of hydrogen-bond donors (Lipinski definition) is 1. The van der Waals surface area contributed by atoms with Crippen LogP contribution in [0.25, 0.3) is 5.78 Å². The molecule has 1 amide bonds. The Hall–Kier alpha value is -2.96. The first-order valence-corrected chi connectivity index (χ1v) is 9.08. The predicted octanol–water partition coefficient (Wildman–Crippen LogP) is 2.49. The number of amides is 1. The maximum Gasteiger partial charge on any atom is 0.252 e. The van der Waals surface area contributed by atoms with Crippen molar-refractivity contribution in [1.82, 2.24) is 24.9 Å². The molecule has 27 heavy (non-hydrogen) atoms. The molecule has 0 atom stereocenters. The summed E-state index contributed by atoms with van der Waals surface area (Å²) in [5, 5.41) is 7.08. The summed E-state index contributed by atoms with van der Waals surface area (Å²) in [5.41, 5.74) is 5.20. The smallest absolute Gasteiger partial charge is 0.252 e. The van der Waals surface area contributed by atoms with Gasteiger partial charge in [0.15, 0.2) is 0 Å². The van der Waals surface area contributed by atoms with E-state index in [2.05, 4.69) is 33.4 Å². The fraction of sp³-hybridized carbons (Fsp3) is 0.400. The summed E-state index contributed by atoms with van der Waals surface area (Å²) >= 11 is 0. The predicted molar refractivity (Wildman–Crippen MR) is 103 cm³/mol. The second-order valence-corrected chi connectivity index (χ2v) is 6.70. The number of aryl methyl sites for hydroxylation is 4. The molecule has 3 rings (SSSR count). The Morgan fingerprint density at radius 1 is 1.22 bits per heavy atom. The molecule has 0 spiro atoms. The van der Waals surface area contributed by atoms with Crippen LogP contribution < -0.4 is 10.1 Å². The molecule has 0 saturated carbocycles. The minimum atomic E-state index is -0.00304. The van der Waals surface area contributed by atoms with Crippen molar-refractivity contribution < 1.29 is 9.53 Å². The van der Waals surface area contributed by atoms with Gasteiger partial charge in [-0.05, 0) is 51.3 Å². The van der Waals surface area contributed by atoms with E-state index in [0.717, 1.165) is 28.3 Å². The molecule has 0 radical (unpaired) electrons. The lowest BCUT2D eigenvalue weighted by atomic mass is 10.1. The van der Waals surface area contributed by atoms with Gasteiger partial charge in [-0.2, -0.15) is 10.1 Å². The third-order valence-electron chi connectivity index (χ3n) is 4.60. The maximum atomic E-state index is 12.2. The van der Waals surface area contributed by atoms with Crippen LogP contribution in [0.15, 0.2) is 24.5 Å². The molecule has 0 bridgehead atoms. The van der Waals surface area contributed by atoms with Gasteiger partial charge in [-0.3, -0.25) is 4.79 Å². The molecule has 7 heteroatoms. The number of aromatic nitrogens is 4. The largest absolute Gasteiger partial charge is 0.491 e. The van der Waals surface area contributed by atoms with E-state index in [9.17, 15) is 4.79 Å². The van der Waals surface area contributed by atoms with Crippen molar-refractivity contribution in [3.05, 3.63) is 52.6 Å². The topological polar surface area (TPSA) is 81.4 Å². The van der Waals surface area contributed by atoms with Crippen LogP contribution >= 0.6 is 0 Å². The Labute approximate surface area is 158 Å². The molecule has 0 aliphatic heterocycles. The average molecular weight is 367 g/mol. The standard InChI is InChI=1S/C20H25N5O2/c1-13-5-7-18(14(2)11-13)27-10-9-21-19(26)8-6-17-15(3)24-20-22-12-23-25(20)16(17)4/h5,7,11-12H,6,8-10H2,1-4H3,(H,21,26). The van der Waals surface area contributed by atoms with E-state index in [1.165, 1.54) is 11.9 Å². The number of nitrogens with one attached hydrogen (secondary N) is 1. The van der Waals surface area contributed by atoms with Gasteiger partial charge in [0.25, 0.3) is 5.78 Å². The molecule has 2 heterocycles. The van der Waals surface area contributed by atoms with E-state index in [4.69, 9.17) is 4.74 Å². The van der Waals surface area contributed by atoms with E-state index in [1.54, 1.807) is 4.52 Å². The lowest BCUT2D eigenvalue weighted by Crippen LogP contribution is -2.28. The Balaban J connectivity index is 1.47. The van der Waals surface area contributed by atoms with E-state index in [1.807, 2.05) is 32.9 Å². The number of benzene rings is 1. The quantitative estimate of drug-likeness (QED) is 0.649. The summed E-state index contributed by atoms with van der Waals surface area (Å²) < 4.78 is 7.45. The van der Waals surface area contributed by atoms with Crippen LogP contribution in [0.1, 0.15) is 34.5 Å². The molecule has 3 aromatic rings. The van der Waals surface area contributed by atoms with Gasteiger partial charge in [0.05, 0.1) is 6.54 Å². The van der Waals surface area contributed by atoms with E-state index < -0.39 is 0 Å². The maximum absolute atomic E-state index is 12.2. The normalized spacial score (nSPS) is 11.0. The van der Waals surface area contributed by atoms with Crippen LogP contribution in [0.3, 0.4) is 0 Å². The van der Waals surface area contributed by atoms with E-state index in [0.29, 0.717) is 31.8 Å². The van der Waals surface area contributed by atoms with Gasteiger partial charge < -0.3 is 10.1 Å². The van der Waals surface area contributed by atoms with Crippen molar-refractivity contribution >= 4 is 11.7 Å². The highest BCUT2D eigenvalue weighted by Crippen LogP contribution is 2.18. The van der Waals surface area contributed by atoms with Crippen molar-refractivity contribution in [3.8, 4) is 5.75 Å². The highest BCUT2D eigenvalue weighted by atomic mass is 16.5. The van der Waals surface area contributed by atoms with Gasteiger partial charge in [0.1, 0.15) is 18.7 Å². The zero-order chi connectivity index (χ0) is 19.4. The van der Waals surface area contributed by atoms with Crippen molar-refractivity contribution in [3.63, 3.8) is 0 Å². The van der Waals surface area contributed by atoms with Crippen LogP contribution in [0, 0.1) is 27.7 Å². The zero-order valence-electron chi connectivity index (χ0n) is 16.2. The second-order valence-electron chi connectivity index (χ2n) is 6.70. The lowest BCUT2D eigenvalue weighted by Gasteiger charge is -2.12. The number of hydrogen-bond acceptors (Lipinski definition) is 5. The van der Waals surface area contributed by atoms with E-state index >= 15 is 0 Å². The molecule has 7 nitrogen and oxygen atoms in total.